The van der Waals surface area contributed by atoms with E-state index in [0.29, 0.717) is 25.8 Å². The van der Waals surface area contributed by atoms with Crippen molar-refractivity contribution in [3.63, 3.8) is 0 Å². The second kappa shape index (κ2) is 8.47. The molecule has 1 aliphatic carbocycles. The minimum absolute atomic E-state index is 0.0367. The highest BCUT2D eigenvalue weighted by molar-refractivity contribution is 5.84. The number of carboxylic acid groups (broad SMARTS) is 1. The van der Waals surface area contributed by atoms with Crippen molar-refractivity contribution in [2.24, 2.45) is 5.92 Å². The highest BCUT2D eigenvalue weighted by Gasteiger charge is 2.34. The molecule has 0 spiro atoms. The molecule has 1 saturated carbocycles. The van der Waals surface area contributed by atoms with Crippen LogP contribution in [0.25, 0.3) is 0 Å². The van der Waals surface area contributed by atoms with Crippen molar-refractivity contribution in [1.82, 2.24) is 10.2 Å². The number of aliphatic carboxylic acids is 1. The molecule has 0 unspecified atom stereocenters. The van der Waals surface area contributed by atoms with E-state index >= 15 is 0 Å². The molecule has 0 saturated heterocycles. The van der Waals surface area contributed by atoms with Crippen LogP contribution in [0.1, 0.15) is 31.7 Å². The third kappa shape index (κ3) is 5.08. The Morgan fingerprint density at radius 3 is 2.54 bits per heavy atom. The van der Waals surface area contributed by atoms with E-state index < -0.39 is 11.9 Å². The van der Waals surface area contributed by atoms with Crippen LogP contribution in [0.5, 0.6) is 0 Å². The van der Waals surface area contributed by atoms with Crippen molar-refractivity contribution in [2.45, 2.75) is 38.6 Å². The van der Waals surface area contributed by atoms with Crippen molar-refractivity contribution in [3.05, 3.63) is 35.9 Å². The molecular formula is C18H24N2O4. The number of hydrogen-bond acceptors (Lipinski definition) is 3. The van der Waals surface area contributed by atoms with Gasteiger partial charge < -0.3 is 15.3 Å². The van der Waals surface area contributed by atoms with Crippen molar-refractivity contribution in [3.8, 4) is 0 Å². The predicted octanol–water partition coefficient (Wildman–Crippen LogP) is 1.45. The van der Waals surface area contributed by atoms with E-state index in [9.17, 15) is 14.4 Å². The van der Waals surface area contributed by atoms with Crippen molar-refractivity contribution in [1.29, 1.82) is 0 Å². The van der Waals surface area contributed by atoms with Gasteiger partial charge in [-0.25, -0.2) is 0 Å². The minimum atomic E-state index is -0.870. The van der Waals surface area contributed by atoms with Crippen LogP contribution in [0.4, 0.5) is 0 Å². The van der Waals surface area contributed by atoms with Crippen molar-refractivity contribution >= 4 is 17.8 Å². The van der Waals surface area contributed by atoms with Gasteiger partial charge in [-0.3, -0.25) is 14.4 Å². The summed E-state index contributed by atoms with van der Waals surface area (Å²) in [4.78, 5) is 36.6. The number of carbonyl (C=O) groups excluding carboxylic acids is 2. The fraction of sp³-hybridized carbons (Fsp3) is 0.500. The van der Waals surface area contributed by atoms with Crippen LogP contribution in [0.3, 0.4) is 0 Å². The van der Waals surface area contributed by atoms with Gasteiger partial charge in [-0.15, -0.1) is 0 Å². The Bertz CT molecular complexity index is 588. The third-order valence-electron chi connectivity index (χ3n) is 4.47. The van der Waals surface area contributed by atoms with E-state index in [4.69, 9.17) is 5.11 Å². The first-order valence-corrected chi connectivity index (χ1v) is 8.29. The molecule has 0 aromatic heterocycles. The molecule has 2 N–H and O–H groups in total. The predicted molar refractivity (Wildman–Crippen MR) is 89.3 cm³/mol. The smallest absolute Gasteiger partial charge is 0.308 e. The molecule has 1 aromatic carbocycles. The second-order valence-electron chi connectivity index (χ2n) is 6.23. The van der Waals surface area contributed by atoms with Crippen LogP contribution in [0.15, 0.2) is 30.3 Å². The molecule has 0 radical (unpaired) electrons. The summed E-state index contributed by atoms with van der Waals surface area (Å²) in [7, 11) is 0. The molecule has 2 rings (SSSR count). The normalized spacial score (nSPS) is 19.7. The maximum Gasteiger partial charge on any atom is 0.308 e. The van der Waals surface area contributed by atoms with Gasteiger partial charge in [-0.05, 0) is 24.8 Å². The van der Waals surface area contributed by atoms with E-state index in [1.165, 1.54) is 11.8 Å². The number of carbonyl (C=O) groups is 3. The van der Waals surface area contributed by atoms with E-state index in [0.717, 1.165) is 12.0 Å². The summed E-state index contributed by atoms with van der Waals surface area (Å²) < 4.78 is 0. The molecule has 6 nitrogen and oxygen atoms in total. The molecule has 0 aliphatic heterocycles. The summed E-state index contributed by atoms with van der Waals surface area (Å²) in [6, 6.07) is 9.43. The van der Waals surface area contributed by atoms with E-state index in [1.54, 1.807) is 0 Å². The number of benzene rings is 1. The highest BCUT2D eigenvalue weighted by atomic mass is 16.4. The van der Waals surface area contributed by atoms with Crippen LogP contribution < -0.4 is 5.32 Å². The summed E-state index contributed by atoms with van der Waals surface area (Å²) in [6.07, 6.45) is 2.73. The van der Waals surface area contributed by atoms with E-state index in [1.807, 2.05) is 30.3 Å². The first kappa shape index (κ1) is 18.0. The lowest BCUT2D eigenvalue weighted by atomic mass is 10.0. The average Bonchev–Trinajstić information content (AvgIpc) is 3.00. The summed E-state index contributed by atoms with van der Waals surface area (Å²) >= 11 is 0. The van der Waals surface area contributed by atoms with Crippen LogP contribution >= 0.6 is 0 Å². The van der Waals surface area contributed by atoms with Gasteiger partial charge in [0.05, 0.1) is 12.5 Å². The summed E-state index contributed by atoms with van der Waals surface area (Å²) in [5, 5.41) is 11.9. The lowest BCUT2D eigenvalue weighted by molar-refractivity contribution is -0.142. The Kier molecular flexibility index (Phi) is 6.35. The topological polar surface area (TPSA) is 86.7 Å². The maximum atomic E-state index is 12.2. The summed E-state index contributed by atoms with van der Waals surface area (Å²) in [5.74, 6) is -1.85. The lowest BCUT2D eigenvalue weighted by Gasteiger charge is -2.23. The molecule has 24 heavy (non-hydrogen) atoms. The highest BCUT2D eigenvalue weighted by Crippen LogP contribution is 2.25. The second-order valence-corrected chi connectivity index (χ2v) is 6.23. The van der Waals surface area contributed by atoms with E-state index in [-0.39, 0.29) is 24.4 Å². The van der Waals surface area contributed by atoms with Crippen LogP contribution in [-0.2, 0) is 20.8 Å². The molecule has 1 aliphatic rings. The SMILES string of the molecule is CC(=O)N(CCc1ccccc1)CC(=O)N[C@@H]1CCC[C@@H]1C(=O)O. The Morgan fingerprint density at radius 1 is 1.21 bits per heavy atom. The number of carboxylic acids is 1. The monoisotopic (exact) mass is 332 g/mol. The average molecular weight is 332 g/mol. The zero-order valence-corrected chi connectivity index (χ0v) is 13.9. The number of nitrogens with zero attached hydrogens (tertiary/aromatic N) is 1. The lowest BCUT2D eigenvalue weighted by Crippen LogP contribution is -2.46. The van der Waals surface area contributed by atoms with Crippen LogP contribution in [-0.4, -0.2) is 46.9 Å². The van der Waals surface area contributed by atoms with Gasteiger partial charge in [0.2, 0.25) is 11.8 Å². The molecule has 2 amide bonds. The first-order valence-electron chi connectivity index (χ1n) is 8.29. The standard InChI is InChI=1S/C18H24N2O4/c1-13(21)20(11-10-14-6-3-2-4-7-14)12-17(22)19-16-9-5-8-15(16)18(23)24/h2-4,6-7,15-16H,5,8-12H2,1H3,(H,19,22)(H,23,24)/t15-,16+/m0/s1. The number of amides is 2. The van der Waals surface area contributed by atoms with E-state index in [2.05, 4.69) is 5.32 Å². The van der Waals surface area contributed by atoms with Gasteiger partial charge in [0.25, 0.3) is 0 Å². The zero-order chi connectivity index (χ0) is 17.5. The number of hydrogen-bond donors (Lipinski definition) is 2. The van der Waals surface area contributed by atoms with Gasteiger partial charge in [-0.2, -0.15) is 0 Å². The zero-order valence-electron chi connectivity index (χ0n) is 13.9. The first-order chi connectivity index (χ1) is 11.5. The van der Waals surface area contributed by atoms with Crippen LogP contribution in [0.2, 0.25) is 0 Å². The molecule has 1 fully saturated rings. The summed E-state index contributed by atoms with van der Waals surface area (Å²) in [6.45, 7) is 1.86. The Labute approximate surface area is 141 Å². The maximum absolute atomic E-state index is 12.2. The molecule has 1 aromatic rings. The molecule has 130 valence electrons. The van der Waals surface area contributed by atoms with Gasteiger partial charge in [0.15, 0.2) is 0 Å². The fourth-order valence-electron chi connectivity index (χ4n) is 3.11. The quantitative estimate of drug-likeness (QED) is 0.791. The Morgan fingerprint density at radius 2 is 1.92 bits per heavy atom. The third-order valence-corrected chi connectivity index (χ3v) is 4.47. The molecule has 0 bridgehead atoms. The van der Waals surface area contributed by atoms with Gasteiger partial charge in [-0.1, -0.05) is 36.8 Å². The number of rotatable bonds is 7. The van der Waals surface area contributed by atoms with Gasteiger partial charge >= 0.3 is 5.97 Å². The number of nitrogens with one attached hydrogen (secondary N) is 1. The summed E-state index contributed by atoms with van der Waals surface area (Å²) in [5.41, 5.74) is 1.10. The van der Waals surface area contributed by atoms with Crippen LogP contribution in [0, 0.1) is 5.92 Å². The largest absolute Gasteiger partial charge is 0.481 e. The Hall–Kier alpha value is -2.37. The molecule has 0 heterocycles. The van der Waals surface area contributed by atoms with Crippen molar-refractivity contribution in [2.75, 3.05) is 13.1 Å². The van der Waals surface area contributed by atoms with Gasteiger partial charge in [0, 0.05) is 19.5 Å². The fourth-order valence-corrected chi connectivity index (χ4v) is 3.11. The van der Waals surface area contributed by atoms with Gasteiger partial charge in [0.1, 0.15) is 0 Å². The minimum Gasteiger partial charge on any atom is -0.481 e. The molecular weight excluding hydrogens is 308 g/mol. The Balaban J connectivity index is 1.86. The molecule has 6 heteroatoms. The molecule has 2 atom stereocenters. The van der Waals surface area contributed by atoms with Crippen molar-refractivity contribution < 1.29 is 19.5 Å².